The van der Waals surface area contributed by atoms with Crippen LogP contribution >= 0.6 is 11.5 Å². The molecule has 0 bridgehead atoms. The number of hydrogen-bond acceptors (Lipinski definition) is 6. The highest BCUT2D eigenvalue weighted by Gasteiger charge is 2.14. The van der Waals surface area contributed by atoms with Crippen LogP contribution in [0.15, 0.2) is 69.2 Å². The van der Waals surface area contributed by atoms with Crippen molar-refractivity contribution in [3.63, 3.8) is 0 Å². The minimum absolute atomic E-state index is 0.0357. The first kappa shape index (κ1) is 15.2. The van der Waals surface area contributed by atoms with Crippen LogP contribution in [0.5, 0.6) is 0 Å². The zero-order valence-electron chi connectivity index (χ0n) is 12.8. The highest BCUT2D eigenvalue weighted by atomic mass is 32.1. The molecular weight excluding hydrogens is 338 g/mol. The summed E-state index contributed by atoms with van der Waals surface area (Å²) < 4.78 is 9.01. The number of amides is 1. The Morgan fingerprint density at radius 2 is 1.88 bits per heavy atom. The van der Waals surface area contributed by atoms with Gasteiger partial charge in [-0.1, -0.05) is 34.8 Å². The maximum absolute atomic E-state index is 12.4. The van der Waals surface area contributed by atoms with Crippen molar-refractivity contribution in [1.29, 1.82) is 0 Å². The summed E-state index contributed by atoms with van der Waals surface area (Å²) >= 11 is 1.27. The lowest BCUT2D eigenvalue weighted by Crippen LogP contribution is -2.20. The number of hydrogen-bond donors (Lipinski definition) is 1. The fraction of sp³-hybridized carbons (Fsp3) is 0. The Kier molecular flexibility index (Phi) is 3.83. The van der Waals surface area contributed by atoms with Gasteiger partial charge in [-0.3, -0.25) is 4.79 Å². The summed E-state index contributed by atoms with van der Waals surface area (Å²) in [4.78, 5) is 24.4. The van der Waals surface area contributed by atoms with Crippen LogP contribution in [0, 0.1) is 0 Å². The van der Waals surface area contributed by atoms with Crippen molar-refractivity contribution >= 4 is 34.1 Å². The molecule has 25 heavy (non-hydrogen) atoms. The zero-order chi connectivity index (χ0) is 17.2. The average molecular weight is 349 g/mol. The molecule has 0 aliphatic carbocycles. The van der Waals surface area contributed by atoms with Gasteiger partial charge in [0.05, 0.1) is 0 Å². The number of carbonyl (C=O) groups is 1. The van der Waals surface area contributed by atoms with E-state index in [1.165, 1.54) is 17.6 Å². The predicted octanol–water partition coefficient (Wildman–Crippen LogP) is 3.56. The van der Waals surface area contributed by atoms with Gasteiger partial charge in [0.15, 0.2) is 0 Å². The maximum Gasteiger partial charge on any atom is 0.349 e. The number of aromatic nitrogens is 2. The molecule has 7 heteroatoms. The first-order valence-electron chi connectivity index (χ1n) is 7.42. The van der Waals surface area contributed by atoms with Gasteiger partial charge in [-0.25, -0.2) is 4.79 Å². The molecule has 6 nitrogen and oxygen atoms in total. The average Bonchev–Trinajstić information content (AvgIpc) is 3.16. The fourth-order valence-electron chi connectivity index (χ4n) is 2.43. The molecule has 0 saturated carbocycles. The summed E-state index contributed by atoms with van der Waals surface area (Å²) in [6.45, 7) is 0. The monoisotopic (exact) mass is 349 g/mol. The zero-order valence-corrected chi connectivity index (χ0v) is 13.6. The molecule has 0 atom stereocenters. The molecule has 1 amide bonds. The van der Waals surface area contributed by atoms with Crippen molar-refractivity contribution in [2.24, 2.45) is 0 Å². The Hall–Kier alpha value is -3.32. The van der Waals surface area contributed by atoms with E-state index in [0.29, 0.717) is 16.7 Å². The molecule has 2 heterocycles. The molecule has 2 aromatic carbocycles. The van der Waals surface area contributed by atoms with Crippen molar-refractivity contribution in [2.45, 2.75) is 0 Å². The third-order valence-corrected chi connectivity index (χ3v) is 4.19. The van der Waals surface area contributed by atoms with Crippen molar-refractivity contribution in [3.05, 3.63) is 76.0 Å². The van der Waals surface area contributed by atoms with Crippen molar-refractivity contribution in [3.8, 4) is 11.3 Å². The molecule has 0 unspecified atom stereocenters. The molecule has 0 spiro atoms. The Bertz CT molecular complexity index is 1100. The van der Waals surface area contributed by atoms with Crippen LogP contribution in [0.25, 0.3) is 22.2 Å². The summed E-state index contributed by atoms with van der Waals surface area (Å²) in [7, 11) is 0. The summed E-state index contributed by atoms with van der Waals surface area (Å²) in [5, 5.41) is 9.23. The lowest BCUT2D eigenvalue weighted by atomic mass is 10.1. The molecule has 0 aliphatic heterocycles. The van der Waals surface area contributed by atoms with Gasteiger partial charge >= 0.3 is 5.63 Å². The molecule has 0 aliphatic rings. The van der Waals surface area contributed by atoms with Crippen LogP contribution in [0.1, 0.15) is 10.4 Å². The molecule has 122 valence electrons. The number of benzene rings is 2. The number of rotatable bonds is 3. The SMILES string of the molecule is O=C(Nc1ccc(-c2csnn2)cc1)c1cc2ccccc2oc1=O. The van der Waals surface area contributed by atoms with E-state index in [1.54, 1.807) is 30.3 Å². The second-order valence-electron chi connectivity index (χ2n) is 5.31. The van der Waals surface area contributed by atoms with Crippen molar-refractivity contribution in [2.75, 3.05) is 5.32 Å². The molecule has 1 N–H and O–H groups in total. The fourth-order valence-corrected chi connectivity index (χ4v) is 2.90. The number of nitrogens with one attached hydrogen (secondary N) is 1. The number of para-hydroxylation sites is 1. The third-order valence-electron chi connectivity index (χ3n) is 3.68. The first-order chi connectivity index (χ1) is 12.2. The van der Waals surface area contributed by atoms with E-state index in [-0.39, 0.29) is 5.56 Å². The lowest BCUT2D eigenvalue weighted by molar-refractivity contribution is 0.102. The molecule has 0 fully saturated rings. The maximum atomic E-state index is 12.4. The quantitative estimate of drug-likeness (QED) is 0.572. The Morgan fingerprint density at radius 1 is 1.08 bits per heavy atom. The molecule has 4 aromatic rings. The standard InChI is InChI=1S/C18H11N3O3S/c22-17(14-9-12-3-1-2-4-16(12)24-18(14)23)19-13-7-5-11(6-8-13)15-10-25-21-20-15/h1-10H,(H,19,22). The van der Waals surface area contributed by atoms with Gasteiger partial charge in [0, 0.05) is 22.0 Å². The summed E-state index contributed by atoms with van der Waals surface area (Å²) in [5.41, 5.74) is 2.00. The van der Waals surface area contributed by atoms with Crippen LogP contribution < -0.4 is 10.9 Å². The van der Waals surface area contributed by atoms with E-state index < -0.39 is 11.5 Å². The van der Waals surface area contributed by atoms with Crippen molar-refractivity contribution in [1.82, 2.24) is 9.59 Å². The van der Waals surface area contributed by atoms with E-state index in [2.05, 4.69) is 14.9 Å². The van der Waals surface area contributed by atoms with E-state index in [9.17, 15) is 9.59 Å². The van der Waals surface area contributed by atoms with Gasteiger partial charge in [0.2, 0.25) is 0 Å². The molecule has 2 aromatic heterocycles. The number of nitrogens with zero attached hydrogens (tertiary/aromatic N) is 2. The Balaban J connectivity index is 1.60. The number of fused-ring (bicyclic) bond motifs is 1. The normalized spacial score (nSPS) is 10.7. The molecular formula is C18H11N3O3S. The molecule has 0 saturated heterocycles. The molecule has 0 radical (unpaired) electrons. The molecule has 4 rings (SSSR count). The van der Waals surface area contributed by atoms with Crippen LogP contribution in [-0.2, 0) is 0 Å². The van der Waals surface area contributed by atoms with E-state index in [1.807, 2.05) is 23.6 Å². The minimum atomic E-state index is -0.665. The third kappa shape index (κ3) is 3.05. The van der Waals surface area contributed by atoms with Gasteiger partial charge in [-0.15, -0.1) is 5.10 Å². The summed E-state index contributed by atoms with van der Waals surface area (Å²) in [6.07, 6.45) is 0. The first-order valence-corrected chi connectivity index (χ1v) is 8.26. The van der Waals surface area contributed by atoms with Crippen LogP contribution in [0.3, 0.4) is 0 Å². The van der Waals surface area contributed by atoms with Gasteiger partial charge in [-0.05, 0) is 35.8 Å². The van der Waals surface area contributed by atoms with Gasteiger partial charge in [-0.2, -0.15) is 0 Å². The van der Waals surface area contributed by atoms with Crippen LogP contribution in [-0.4, -0.2) is 15.5 Å². The Labute approximate surface area is 145 Å². The predicted molar refractivity (Wildman–Crippen MR) is 95.8 cm³/mol. The minimum Gasteiger partial charge on any atom is -0.422 e. The second kappa shape index (κ2) is 6.29. The van der Waals surface area contributed by atoms with Gasteiger partial charge in [0.1, 0.15) is 16.8 Å². The number of anilines is 1. The highest BCUT2D eigenvalue weighted by Crippen LogP contribution is 2.20. The van der Waals surface area contributed by atoms with E-state index in [0.717, 1.165) is 11.3 Å². The second-order valence-corrected chi connectivity index (χ2v) is 5.92. The van der Waals surface area contributed by atoms with Crippen LogP contribution in [0.2, 0.25) is 0 Å². The van der Waals surface area contributed by atoms with Gasteiger partial charge < -0.3 is 9.73 Å². The summed E-state index contributed by atoms with van der Waals surface area (Å²) in [5.74, 6) is -0.512. The van der Waals surface area contributed by atoms with Gasteiger partial charge in [0.25, 0.3) is 5.91 Å². The van der Waals surface area contributed by atoms with E-state index >= 15 is 0 Å². The van der Waals surface area contributed by atoms with Crippen LogP contribution in [0.4, 0.5) is 5.69 Å². The summed E-state index contributed by atoms with van der Waals surface area (Å²) in [6, 6.07) is 15.7. The number of carbonyl (C=O) groups excluding carboxylic acids is 1. The lowest BCUT2D eigenvalue weighted by Gasteiger charge is -2.06. The topological polar surface area (TPSA) is 85.1 Å². The van der Waals surface area contributed by atoms with E-state index in [4.69, 9.17) is 4.42 Å². The smallest absolute Gasteiger partial charge is 0.349 e. The Morgan fingerprint density at radius 3 is 2.64 bits per heavy atom. The largest absolute Gasteiger partial charge is 0.422 e. The highest BCUT2D eigenvalue weighted by molar-refractivity contribution is 7.03. The van der Waals surface area contributed by atoms with Crippen molar-refractivity contribution < 1.29 is 9.21 Å².